The topological polar surface area (TPSA) is 46.2 Å². The lowest BCUT2D eigenvalue weighted by Crippen LogP contribution is -2.24. The van der Waals surface area contributed by atoms with E-state index in [2.05, 4.69) is 12.1 Å². The normalized spacial score (nSPS) is 15.6. The Balaban J connectivity index is 2.01. The van der Waals surface area contributed by atoms with Gasteiger partial charge in [0.2, 0.25) is 0 Å². The van der Waals surface area contributed by atoms with Crippen LogP contribution < -0.4 is 5.73 Å². The standard InChI is InChI=1S/C17H21NOS/c1-13(18)14-8-10-16(11-9-14)20-12-17(2,19)15-6-4-3-5-7-15/h3-11,13,19H,12,18H2,1-2H3. The van der Waals surface area contributed by atoms with Gasteiger partial charge in [-0.15, -0.1) is 11.8 Å². The molecule has 0 aliphatic heterocycles. The van der Waals surface area contributed by atoms with Crippen LogP contribution in [0, 0.1) is 0 Å². The minimum absolute atomic E-state index is 0.0569. The molecule has 0 aliphatic rings. The number of aliphatic hydroxyl groups is 1. The molecule has 3 N–H and O–H groups in total. The molecular formula is C17H21NOS. The molecule has 2 rings (SSSR count). The Labute approximate surface area is 125 Å². The molecule has 3 heteroatoms. The molecule has 0 saturated heterocycles. The summed E-state index contributed by atoms with van der Waals surface area (Å²) in [5, 5.41) is 10.5. The second-order valence-electron chi connectivity index (χ2n) is 5.29. The van der Waals surface area contributed by atoms with Gasteiger partial charge in [0.05, 0.1) is 5.60 Å². The van der Waals surface area contributed by atoms with E-state index < -0.39 is 5.60 Å². The SMILES string of the molecule is CC(N)c1ccc(SCC(C)(O)c2ccccc2)cc1. The quantitative estimate of drug-likeness (QED) is 0.824. The van der Waals surface area contributed by atoms with Gasteiger partial charge in [0.1, 0.15) is 0 Å². The van der Waals surface area contributed by atoms with E-state index in [1.165, 1.54) is 0 Å². The highest BCUT2D eigenvalue weighted by Crippen LogP contribution is 2.29. The second-order valence-corrected chi connectivity index (χ2v) is 6.34. The molecule has 0 spiro atoms. The lowest BCUT2D eigenvalue weighted by atomic mass is 9.99. The van der Waals surface area contributed by atoms with Crippen LogP contribution >= 0.6 is 11.8 Å². The van der Waals surface area contributed by atoms with Crippen molar-refractivity contribution in [2.75, 3.05) is 5.75 Å². The molecule has 2 aromatic rings. The maximum Gasteiger partial charge on any atom is 0.0962 e. The predicted molar refractivity (Wildman–Crippen MR) is 85.8 cm³/mol. The largest absolute Gasteiger partial charge is 0.385 e. The number of thioether (sulfide) groups is 1. The lowest BCUT2D eigenvalue weighted by Gasteiger charge is -2.23. The van der Waals surface area contributed by atoms with E-state index in [1.54, 1.807) is 11.8 Å². The van der Waals surface area contributed by atoms with Gasteiger partial charge in [0.15, 0.2) is 0 Å². The first kappa shape index (κ1) is 15.1. The average molecular weight is 287 g/mol. The smallest absolute Gasteiger partial charge is 0.0962 e. The molecule has 2 aromatic carbocycles. The van der Waals surface area contributed by atoms with E-state index in [-0.39, 0.29) is 6.04 Å². The Morgan fingerprint density at radius 1 is 1.10 bits per heavy atom. The Morgan fingerprint density at radius 2 is 1.70 bits per heavy atom. The monoisotopic (exact) mass is 287 g/mol. The van der Waals surface area contributed by atoms with Crippen LogP contribution in [0.3, 0.4) is 0 Å². The van der Waals surface area contributed by atoms with E-state index in [0.29, 0.717) is 5.75 Å². The van der Waals surface area contributed by atoms with Crippen molar-refractivity contribution in [3.8, 4) is 0 Å². The van der Waals surface area contributed by atoms with Crippen molar-refractivity contribution in [3.05, 3.63) is 65.7 Å². The molecule has 0 bridgehead atoms. The van der Waals surface area contributed by atoms with Gasteiger partial charge in [-0.3, -0.25) is 0 Å². The van der Waals surface area contributed by atoms with Gasteiger partial charge in [-0.25, -0.2) is 0 Å². The Hall–Kier alpha value is -1.29. The first-order chi connectivity index (χ1) is 9.49. The fourth-order valence-electron chi connectivity index (χ4n) is 1.97. The van der Waals surface area contributed by atoms with Crippen molar-refractivity contribution < 1.29 is 5.11 Å². The first-order valence-corrected chi connectivity index (χ1v) is 7.74. The number of nitrogens with two attached hydrogens (primary N) is 1. The third-order valence-electron chi connectivity index (χ3n) is 3.32. The van der Waals surface area contributed by atoms with Gasteiger partial charge in [-0.05, 0) is 37.1 Å². The molecule has 2 atom stereocenters. The fraction of sp³-hybridized carbons (Fsp3) is 0.294. The van der Waals surface area contributed by atoms with Crippen LogP contribution in [-0.2, 0) is 5.60 Å². The predicted octanol–water partition coefficient (Wildman–Crippen LogP) is 3.71. The van der Waals surface area contributed by atoms with Crippen LogP contribution in [0.15, 0.2) is 59.5 Å². The summed E-state index contributed by atoms with van der Waals surface area (Å²) in [6.45, 7) is 3.83. The van der Waals surface area contributed by atoms with Gasteiger partial charge in [-0.1, -0.05) is 42.5 Å². The highest BCUT2D eigenvalue weighted by Gasteiger charge is 2.22. The zero-order valence-electron chi connectivity index (χ0n) is 11.9. The molecule has 106 valence electrons. The Bertz CT molecular complexity index is 535. The summed E-state index contributed by atoms with van der Waals surface area (Å²) in [5.41, 5.74) is 7.08. The van der Waals surface area contributed by atoms with Crippen molar-refractivity contribution in [2.24, 2.45) is 5.73 Å². The van der Waals surface area contributed by atoms with Gasteiger partial charge >= 0.3 is 0 Å². The maximum atomic E-state index is 10.5. The van der Waals surface area contributed by atoms with Crippen molar-refractivity contribution in [2.45, 2.75) is 30.4 Å². The highest BCUT2D eigenvalue weighted by atomic mass is 32.2. The maximum absolute atomic E-state index is 10.5. The molecule has 0 amide bonds. The van der Waals surface area contributed by atoms with Gasteiger partial charge < -0.3 is 10.8 Å². The van der Waals surface area contributed by atoms with E-state index in [4.69, 9.17) is 5.73 Å². The second kappa shape index (κ2) is 6.44. The van der Waals surface area contributed by atoms with Crippen molar-refractivity contribution in [3.63, 3.8) is 0 Å². The van der Waals surface area contributed by atoms with Crippen LogP contribution in [0.4, 0.5) is 0 Å². The summed E-state index contributed by atoms with van der Waals surface area (Å²) < 4.78 is 0. The van der Waals surface area contributed by atoms with Gasteiger partial charge in [0.25, 0.3) is 0 Å². The van der Waals surface area contributed by atoms with Crippen LogP contribution in [0.1, 0.15) is 31.0 Å². The van der Waals surface area contributed by atoms with Crippen LogP contribution in [0.2, 0.25) is 0 Å². The first-order valence-electron chi connectivity index (χ1n) is 6.75. The molecular weight excluding hydrogens is 266 g/mol. The Morgan fingerprint density at radius 3 is 2.25 bits per heavy atom. The number of benzene rings is 2. The van der Waals surface area contributed by atoms with Gasteiger partial charge in [-0.2, -0.15) is 0 Å². The minimum atomic E-state index is -0.828. The summed E-state index contributed by atoms with van der Waals surface area (Å²) in [7, 11) is 0. The number of hydrogen-bond acceptors (Lipinski definition) is 3. The fourth-order valence-corrected chi connectivity index (χ4v) is 2.91. The molecule has 0 heterocycles. The van der Waals surface area contributed by atoms with E-state index in [1.807, 2.05) is 56.3 Å². The van der Waals surface area contributed by atoms with Crippen LogP contribution in [0.5, 0.6) is 0 Å². The molecule has 0 aromatic heterocycles. The molecule has 20 heavy (non-hydrogen) atoms. The third kappa shape index (κ3) is 3.85. The molecule has 2 unspecified atom stereocenters. The van der Waals surface area contributed by atoms with Crippen LogP contribution in [-0.4, -0.2) is 10.9 Å². The molecule has 0 fully saturated rings. The summed E-state index contributed by atoms with van der Waals surface area (Å²) in [4.78, 5) is 1.14. The molecule has 0 aliphatic carbocycles. The van der Waals surface area contributed by atoms with Crippen molar-refractivity contribution in [1.29, 1.82) is 0 Å². The van der Waals surface area contributed by atoms with Gasteiger partial charge in [0, 0.05) is 16.7 Å². The molecule has 0 saturated carbocycles. The zero-order valence-corrected chi connectivity index (χ0v) is 12.7. The summed E-state index contributed by atoms with van der Waals surface area (Å²) in [6.07, 6.45) is 0. The molecule has 2 nitrogen and oxygen atoms in total. The van der Waals surface area contributed by atoms with E-state index >= 15 is 0 Å². The third-order valence-corrected chi connectivity index (χ3v) is 4.63. The number of rotatable bonds is 5. The lowest BCUT2D eigenvalue weighted by molar-refractivity contribution is 0.0839. The van der Waals surface area contributed by atoms with Crippen molar-refractivity contribution >= 4 is 11.8 Å². The summed E-state index contributed by atoms with van der Waals surface area (Å²) in [6, 6.07) is 18.0. The van der Waals surface area contributed by atoms with Crippen LogP contribution in [0.25, 0.3) is 0 Å². The summed E-state index contributed by atoms with van der Waals surface area (Å²) in [5.74, 6) is 0.620. The van der Waals surface area contributed by atoms with Crippen molar-refractivity contribution in [1.82, 2.24) is 0 Å². The Kier molecular flexibility index (Phi) is 4.86. The number of hydrogen-bond donors (Lipinski definition) is 2. The highest BCUT2D eigenvalue weighted by molar-refractivity contribution is 7.99. The molecule has 0 radical (unpaired) electrons. The zero-order chi connectivity index (χ0) is 14.6. The van der Waals surface area contributed by atoms with E-state index in [9.17, 15) is 5.11 Å². The average Bonchev–Trinajstić information content (AvgIpc) is 2.46. The van der Waals surface area contributed by atoms with E-state index in [0.717, 1.165) is 16.0 Å². The minimum Gasteiger partial charge on any atom is -0.385 e. The summed E-state index contributed by atoms with van der Waals surface area (Å²) >= 11 is 1.65.